The van der Waals surface area contributed by atoms with E-state index in [4.69, 9.17) is 9.47 Å². The highest BCUT2D eigenvalue weighted by atomic mass is 19.1. The highest BCUT2D eigenvalue weighted by Crippen LogP contribution is 2.44. The Hall–Kier alpha value is -2.51. The van der Waals surface area contributed by atoms with Gasteiger partial charge in [-0.2, -0.15) is 0 Å². The zero-order valence-electron chi connectivity index (χ0n) is 17.6. The van der Waals surface area contributed by atoms with Crippen molar-refractivity contribution in [3.8, 4) is 5.75 Å². The summed E-state index contributed by atoms with van der Waals surface area (Å²) < 4.78 is 56.4. The molecule has 2 atom stereocenters. The number of benzene rings is 2. The molecule has 31 heavy (non-hydrogen) atoms. The van der Waals surface area contributed by atoms with Crippen LogP contribution in [0.2, 0.25) is 0 Å². The molecule has 0 aliphatic carbocycles. The first-order chi connectivity index (χ1) is 14.9. The maximum absolute atomic E-state index is 15.6. The zero-order valence-corrected chi connectivity index (χ0v) is 17.6. The van der Waals surface area contributed by atoms with Gasteiger partial charge in [0.05, 0.1) is 31.4 Å². The second-order valence-corrected chi connectivity index (χ2v) is 8.54. The van der Waals surface area contributed by atoms with Gasteiger partial charge >= 0.3 is 0 Å². The van der Waals surface area contributed by atoms with Gasteiger partial charge in [0.1, 0.15) is 5.82 Å². The number of aromatic amines is 1. The number of halogens is 3. The van der Waals surface area contributed by atoms with Gasteiger partial charge in [-0.15, -0.1) is 0 Å². The molecule has 0 bridgehead atoms. The van der Waals surface area contributed by atoms with Crippen molar-refractivity contribution in [3.05, 3.63) is 64.9 Å². The van der Waals surface area contributed by atoms with Gasteiger partial charge < -0.3 is 14.5 Å². The molecule has 2 aliphatic rings. The third-order valence-electron chi connectivity index (χ3n) is 6.37. The molecule has 2 aromatic carbocycles. The number of rotatable bonds is 5. The Balaban J connectivity index is 1.72. The first-order valence-corrected chi connectivity index (χ1v) is 10.6. The van der Waals surface area contributed by atoms with Crippen molar-refractivity contribution < 1.29 is 22.6 Å². The number of aromatic nitrogens is 1. The maximum atomic E-state index is 15.6. The standard InChI is InChI=1S/C24H25F3N2O2/c1-3-31-19-9-8-17(25)20(21(19)26)23-22-16(15-6-4-5-7-18(15)28-22)10-14(2)29(23)11-24(27)12-30-13-24/h4-9,14,23,28H,3,10-13H2,1-2H3/t14-,23-/m1/s1. The summed E-state index contributed by atoms with van der Waals surface area (Å²) in [6.07, 6.45) is 0.654. The quantitative estimate of drug-likeness (QED) is 0.625. The van der Waals surface area contributed by atoms with Crippen LogP contribution in [0.4, 0.5) is 13.2 Å². The van der Waals surface area contributed by atoms with Gasteiger partial charge in [-0.25, -0.2) is 13.2 Å². The third kappa shape index (κ3) is 3.31. The Morgan fingerprint density at radius 1 is 1.19 bits per heavy atom. The molecule has 2 aliphatic heterocycles. The minimum absolute atomic E-state index is 0.00308. The van der Waals surface area contributed by atoms with E-state index in [1.54, 1.807) is 6.92 Å². The molecule has 7 heteroatoms. The number of nitrogens with zero attached hydrogens (tertiary/aromatic N) is 1. The number of H-pyrrole nitrogens is 1. The lowest BCUT2D eigenvalue weighted by molar-refractivity contribution is -0.148. The molecule has 3 heterocycles. The minimum Gasteiger partial charge on any atom is -0.491 e. The van der Waals surface area contributed by atoms with Gasteiger partial charge in [-0.3, -0.25) is 4.90 Å². The van der Waals surface area contributed by atoms with Gasteiger partial charge in [0.2, 0.25) is 0 Å². The summed E-state index contributed by atoms with van der Waals surface area (Å²) in [6.45, 7) is 4.00. The minimum atomic E-state index is -1.53. The highest BCUT2D eigenvalue weighted by molar-refractivity contribution is 5.85. The van der Waals surface area contributed by atoms with E-state index in [2.05, 4.69) is 4.98 Å². The molecule has 0 saturated carbocycles. The summed E-state index contributed by atoms with van der Waals surface area (Å²) >= 11 is 0. The molecule has 164 valence electrons. The van der Waals surface area contributed by atoms with Crippen LogP contribution >= 0.6 is 0 Å². The fraction of sp³-hybridized carbons (Fsp3) is 0.417. The Labute approximate surface area is 179 Å². The van der Waals surface area contributed by atoms with E-state index in [1.165, 1.54) is 12.1 Å². The molecular weight excluding hydrogens is 405 g/mol. The van der Waals surface area contributed by atoms with Crippen molar-refractivity contribution in [2.45, 2.75) is 38.0 Å². The second kappa shape index (κ2) is 7.57. The van der Waals surface area contributed by atoms with Crippen LogP contribution in [0, 0.1) is 11.6 Å². The van der Waals surface area contributed by atoms with E-state index in [-0.39, 0.29) is 43.7 Å². The number of fused-ring (bicyclic) bond motifs is 3. The van der Waals surface area contributed by atoms with E-state index in [9.17, 15) is 0 Å². The van der Waals surface area contributed by atoms with E-state index in [0.717, 1.165) is 16.5 Å². The average molecular weight is 430 g/mol. The van der Waals surface area contributed by atoms with Crippen LogP contribution in [0.1, 0.15) is 36.7 Å². The highest BCUT2D eigenvalue weighted by Gasteiger charge is 2.47. The number of alkyl halides is 1. The van der Waals surface area contributed by atoms with Crippen LogP contribution in [0.15, 0.2) is 36.4 Å². The van der Waals surface area contributed by atoms with E-state index in [1.807, 2.05) is 36.1 Å². The summed E-state index contributed by atoms with van der Waals surface area (Å²) in [7, 11) is 0. The van der Waals surface area contributed by atoms with Crippen LogP contribution in [-0.2, 0) is 11.2 Å². The average Bonchev–Trinajstić information content (AvgIpc) is 3.09. The van der Waals surface area contributed by atoms with Crippen molar-refractivity contribution in [2.24, 2.45) is 0 Å². The van der Waals surface area contributed by atoms with Crippen LogP contribution in [0.5, 0.6) is 5.75 Å². The van der Waals surface area contributed by atoms with Crippen molar-refractivity contribution in [2.75, 3.05) is 26.4 Å². The first-order valence-electron chi connectivity index (χ1n) is 10.6. The molecule has 0 amide bonds. The van der Waals surface area contributed by atoms with Crippen LogP contribution in [0.3, 0.4) is 0 Å². The summed E-state index contributed by atoms with van der Waals surface area (Å²) in [6, 6.07) is 9.40. The van der Waals surface area contributed by atoms with Crippen molar-refractivity contribution in [1.29, 1.82) is 0 Å². The first kappa shape index (κ1) is 20.4. The van der Waals surface area contributed by atoms with Crippen molar-refractivity contribution in [3.63, 3.8) is 0 Å². The molecule has 1 saturated heterocycles. The molecule has 0 radical (unpaired) electrons. The lowest BCUT2D eigenvalue weighted by Crippen LogP contribution is -2.57. The summed E-state index contributed by atoms with van der Waals surface area (Å²) in [5.41, 5.74) is 0.974. The van der Waals surface area contributed by atoms with E-state index < -0.39 is 23.3 Å². The van der Waals surface area contributed by atoms with Gasteiger partial charge in [0, 0.05) is 29.2 Å². The zero-order chi connectivity index (χ0) is 21.8. The van der Waals surface area contributed by atoms with Crippen molar-refractivity contribution >= 4 is 10.9 Å². The smallest absolute Gasteiger partial charge is 0.173 e. The largest absolute Gasteiger partial charge is 0.491 e. The second-order valence-electron chi connectivity index (χ2n) is 8.54. The van der Waals surface area contributed by atoms with Crippen LogP contribution in [-0.4, -0.2) is 48.0 Å². The fourth-order valence-electron chi connectivity index (χ4n) is 4.87. The van der Waals surface area contributed by atoms with Gasteiger partial charge in [-0.05, 0) is 44.0 Å². The summed E-state index contributed by atoms with van der Waals surface area (Å²) in [4.78, 5) is 5.23. The maximum Gasteiger partial charge on any atom is 0.173 e. The molecule has 3 aromatic rings. The lowest BCUT2D eigenvalue weighted by atomic mass is 9.86. The number of hydrogen-bond acceptors (Lipinski definition) is 3. The van der Waals surface area contributed by atoms with Crippen LogP contribution < -0.4 is 4.74 Å². The van der Waals surface area contributed by atoms with Gasteiger partial charge in [0.25, 0.3) is 0 Å². The van der Waals surface area contributed by atoms with Crippen molar-refractivity contribution in [1.82, 2.24) is 9.88 Å². The Morgan fingerprint density at radius 2 is 1.97 bits per heavy atom. The van der Waals surface area contributed by atoms with Gasteiger partial charge in [0.15, 0.2) is 17.2 Å². The molecule has 5 rings (SSSR count). The Bertz CT molecular complexity index is 1130. The molecule has 0 spiro atoms. The molecular formula is C24H25F3N2O2. The Kier molecular flexibility index (Phi) is 4.98. The van der Waals surface area contributed by atoms with E-state index >= 15 is 13.2 Å². The Morgan fingerprint density at radius 3 is 2.68 bits per heavy atom. The predicted molar refractivity (Wildman–Crippen MR) is 112 cm³/mol. The summed E-state index contributed by atoms with van der Waals surface area (Å²) in [5, 5.41) is 1.03. The SMILES string of the molecule is CCOc1ccc(F)c([C@@H]2c3[nH]c4ccccc4c3C[C@@H](C)N2CC2(F)COC2)c1F. The number of nitrogens with one attached hydrogen (secondary N) is 1. The number of hydrogen-bond donors (Lipinski definition) is 1. The summed E-state index contributed by atoms with van der Waals surface area (Å²) in [5.74, 6) is -1.42. The predicted octanol–water partition coefficient (Wildman–Crippen LogP) is 4.92. The molecule has 4 nitrogen and oxygen atoms in total. The molecule has 1 aromatic heterocycles. The number of para-hydroxylation sites is 1. The monoisotopic (exact) mass is 430 g/mol. The fourth-order valence-corrected chi connectivity index (χ4v) is 4.87. The molecule has 1 fully saturated rings. The van der Waals surface area contributed by atoms with Gasteiger partial charge in [-0.1, -0.05) is 18.2 Å². The number of ether oxygens (including phenoxy) is 2. The normalized spacial score (nSPS) is 22.9. The third-order valence-corrected chi connectivity index (χ3v) is 6.37. The lowest BCUT2D eigenvalue weighted by Gasteiger charge is -2.46. The molecule has 0 unspecified atom stereocenters. The molecule has 1 N–H and O–H groups in total. The van der Waals surface area contributed by atoms with Crippen LogP contribution in [0.25, 0.3) is 10.9 Å². The van der Waals surface area contributed by atoms with E-state index in [0.29, 0.717) is 12.1 Å². The topological polar surface area (TPSA) is 37.5 Å².